The monoisotopic (exact) mass is 316 g/mol. The zero-order valence-corrected chi connectivity index (χ0v) is 12.4. The van der Waals surface area contributed by atoms with Crippen molar-refractivity contribution in [1.82, 2.24) is 4.98 Å². The molecule has 3 rings (SSSR count). The number of halogens is 1. The van der Waals surface area contributed by atoms with Crippen LogP contribution in [-0.2, 0) is 13.0 Å². The molecule has 0 bridgehead atoms. The van der Waals surface area contributed by atoms with Gasteiger partial charge in [-0.25, -0.2) is 0 Å². The molecular formula is C16H17BrN2. The van der Waals surface area contributed by atoms with Gasteiger partial charge in [0.1, 0.15) is 0 Å². The molecular weight excluding hydrogens is 300 g/mol. The smallest absolute Gasteiger partial charge is 0.0445 e. The molecule has 2 aromatic rings. The molecule has 0 saturated heterocycles. The van der Waals surface area contributed by atoms with Gasteiger partial charge in [-0.2, -0.15) is 0 Å². The van der Waals surface area contributed by atoms with Crippen LogP contribution in [0.15, 0.2) is 47.2 Å². The van der Waals surface area contributed by atoms with Gasteiger partial charge < -0.3 is 4.90 Å². The molecule has 0 spiro atoms. The number of anilines is 1. The molecule has 1 aromatic carbocycles. The zero-order valence-electron chi connectivity index (χ0n) is 10.8. The van der Waals surface area contributed by atoms with Gasteiger partial charge in [-0.1, -0.05) is 18.2 Å². The van der Waals surface area contributed by atoms with Crippen molar-refractivity contribution in [2.45, 2.75) is 25.8 Å². The summed E-state index contributed by atoms with van der Waals surface area (Å²) in [4.78, 5) is 6.73. The van der Waals surface area contributed by atoms with Crippen LogP contribution >= 0.6 is 15.9 Å². The second kappa shape index (κ2) is 5.74. The Balaban J connectivity index is 1.88. The molecule has 0 unspecified atom stereocenters. The van der Waals surface area contributed by atoms with Crippen LogP contribution in [0.25, 0.3) is 0 Å². The molecule has 1 aromatic heterocycles. The van der Waals surface area contributed by atoms with Gasteiger partial charge in [-0.15, -0.1) is 0 Å². The first-order valence-corrected chi connectivity index (χ1v) is 7.54. The summed E-state index contributed by atoms with van der Waals surface area (Å²) >= 11 is 3.49. The van der Waals surface area contributed by atoms with Crippen LogP contribution in [0.3, 0.4) is 0 Å². The molecule has 0 fully saturated rings. The van der Waals surface area contributed by atoms with Crippen molar-refractivity contribution in [2.24, 2.45) is 0 Å². The van der Waals surface area contributed by atoms with E-state index in [1.807, 2.05) is 12.4 Å². The van der Waals surface area contributed by atoms with E-state index in [0.29, 0.717) is 0 Å². The SMILES string of the molecule is Brc1cncc(CN2CCCCc3ccccc32)c1. The maximum atomic E-state index is 4.26. The van der Waals surface area contributed by atoms with E-state index in [9.17, 15) is 0 Å². The molecule has 0 atom stereocenters. The van der Waals surface area contributed by atoms with Gasteiger partial charge in [0.25, 0.3) is 0 Å². The number of rotatable bonds is 2. The third-order valence-electron chi connectivity index (χ3n) is 3.59. The Hall–Kier alpha value is -1.35. The summed E-state index contributed by atoms with van der Waals surface area (Å²) in [5.41, 5.74) is 4.12. The van der Waals surface area contributed by atoms with Crippen LogP contribution in [0.2, 0.25) is 0 Å². The number of aryl methyl sites for hydroxylation is 1. The molecule has 2 heterocycles. The van der Waals surface area contributed by atoms with E-state index in [2.05, 4.69) is 56.1 Å². The van der Waals surface area contributed by atoms with Gasteiger partial charge in [0.15, 0.2) is 0 Å². The number of aromatic nitrogens is 1. The molecule has 1 aliphatic rings. The highest BCUT2D eigenvalue weighted by Crippen LogP contribution is 2.27. The van der Waals surface area contributed by atoms with Gasteiger partial charge >= 0.3 is 0 Å². The number of hydrogen-bond donors (Lipinski definition) is 0. The van der Waals surface area contributed by atoms with Crippen LogP contribution in [-0.4, -0.2) is 11.5 Å². The van der Waals surface area contributed by atoms with Gasteiger partial charge in [0.05, 0.1) is 0 Å². The summed E-state index contributed by atoms with van der Waals surface area (Å²) in [7, 11) is 0. The quantitative estimate of drug-likeness (QED) is 0.826. The van der Waals surface area contributed by atoms with Crippen LogP contribution in [0.5, 0.6) is 0 Å². The minimum Gasteiger partial charge on any atom is -0.367 e. The third kappa shape index (κ3) is 2.98. The van der Waals surface area contributed by atoms with Crippen LogP contribution < -0.4 is 4.90 Å². The minimum absolute atomic E-state index is 0.934. The summed E-state index contributed by atoms with van der Waals surface area (Å²) in [6.45, 7) is 2.06. The topological polar surface area (TPSA) is 16.1 Å². The molecule has 0 amide bonds. The number of para-hydroxylation sites is 1. The van der Waals surface area contributed by atoms with E-state index in [0.717, 1.165) is 17.6 Å². The third-order valence-corrected chi connectivity index (χ3v) is 4.03. The van der Waals surface area contributed by atoms with Crippen LogP contribution in [0, 0.1) is 0 Å². The minimum atomic E-state index is 0.934. The number of pyridine rings is 1. The Kier molecular flexibility index (Phi) is 3.83. The molecule has 0 aliphatic carbocycles. The molecule has 3 heteroatoms. The van der Waals surface area contributed by atoms with E-state index < -0.39 is 0 Å². The predicted octanol–water partition coefficient (Wildman–Crippen LogP) is 4.19. The number of hydrogen-bond acceptors (Lipinski definition) is 2. The maximum Gasteiger partial charge on any atom is 0.0445 e. The van der Waals surface area contributed by atoms with E-state index >= 15 is 0 Å². The van der Waals surface area contributed by atoms with E-state index in [1.54, 1.807) is 0 Å². The number of fused-ring (bicyclic) bond motifs is 1. The van der Waals surface area contributed by atoms with E-state index in [-0.39, 0.29) is 0 Å². The van der Waals surface area contributed by atoms with Crippen LogP contribution in [0.1, 0.15) is 24.0 Å². The largest absolute Gasteiger partial charge is 0.367 e. The van der Waals surface area contributed by atoms with E-state index in [1.165, 1.54) is 36.1 Å². The van der Waals surface area contributed by atoms with Gasteiger partial charge in [0.2, 0.25) is 0 Å². The first kappa shape index (κ1) is 12.7. The second-order valence-corrected chi connectivity index (χ2v) is 5.93. The fraction of sp³-hybridized carbons (Fsp3) is 0.312. The Bertz CT molecular complexity index is 568. The average molecular weight is 317 g/mol. The molecule has 2 nitrogen and oxygen atoms in total. The normalized spacial score (nSPS) is 14.9. The molecule has 0 N–H and O–H groups in total. The highest BCUT2D eigenvalue weighted by Gasteiger charge is 2.14. The lowest BCUT2D eigenvalue weighted by Crippen LogP contribution is -2.23. The fourth-order valence-corrected chi connectivity index (χ4v) is 3.11. The lowest BCUT2D eigenvalue weighted by molar-refractivity contribution is 0.713. The van der Waals surface area contributed by atoms with E-state index in [4.69, 9.17) is 0 Å². The lowest BCUT2D eigenvalue weighted by atomic mass is 10.1. The summed E-state index contributed by atoms with van der Waals surface area (Å²) < 4.78 is 1.05. The van der Waals surface area contributed by atoms with Crippen molar-refractivity contribution in [1.29, 1.82) is 0 Å². The second-order valence-electron chi connectivity index (χ2n) is 5.02. The van der Waals surface area contributed by atoms with Gasteiger partial charge in [-0.05, 0) is 58.5 Å². The van der Waals surface area contributed by atoms with Crippen LogP contribution in [0.4, 0.5) is 5.69 Å². The fourth-order valence-electron chi connectivity index (χ4n) is 2.70. The van der Waals surface area contributed by atoms with Gasteiger partial charge in [-0.3, -0.25) is 4.98 Å². The van der Waals surface area contributed by atoms with Gasteiger partial charge in [0, 0.05) is 35.6 Å². The molecule has 0 radical (unpaired) electrons. The average Bonchev–Trinajstić information content (AvgIpc) is 2.62. The summed E-state index contributed by atoms with van der Waals surface area (Å²) in [5.74, 6) is 0. The lowest BCUT2D eigenvalue weighted by Gasteiger charge is -2.25. The first-order chi connectivity index (χ1) is 9.33. The molecule has 1 aliphatic heterocycles. The van der Waals surface area contributed by atoms with Crippen molar-refractivity contribution in [3.05, 3.63) is 58.3 Å². The standard InChI is InChI=1S/C16H17BrN2/c17-15-9-13(10-18-11-15)12-19-8-4-3-6-14-5-1-2-7-16(14)19/h1-2,5,7,9-11H,3-4,6,8,12H2. The maximum absolute atomic E-state index is 4.26. The highest BCUT2D eigenvalue weighted by atomic mass is 79.9. The van der Waals surface area contributed by atoms with Crippen molar-refractivity contribution in [3.63, 3.8) is 0 Å². The predicted molar refractivity (Wildman–Crippen MR) is 82.4 cm³/mol. The number of nitrogens with zero attached hydrogens (tertiary/aromatic N) is 2. The highest BCUT2D eigenvalue weighted by molar-refractivity contribution is 9.10. The molecule has 98 valence electrons. The summed E-state index contributed by atoms with van der Waals surface area (Å²) in [5, 5.41) is 0. The molecule has 0 saturated carbocycles. The van der Waals surface area contributed by atoms with Crippen molar-refractivity contribution >= 4 is 21.6 Å². The Morgan fingerprint density at radius 1 is 1.16 bits per heavy atom. The Labute approximate surface area is 122 Å². The summed E-state index contributed by atoms with van der Waals surface area (Å²) in [6, 6.07) is 10.9. The zero-order chi connectivity index (χ0) is 13.1. The Morgan fingerprint density at radius 2 is 2.05 bits per heavy atom. The number of benzene rings is 1. The Morgan fingerprint density at radius 3 is 2.95 bits per heavy atom. The molecule has 19 heavy (non-hydrogen) atoms. The first-order valence-electron chi connectivity index (χ1n) is 6.75. The van der Waals surface area contributed by atoms with Crippen molar-refractivity contribution in [3.8, 4) is 0 Å². The summed E-state index contributed by atoms with van der Waals surface area (Å²) in [6.07, 6.45) is 7.53. The van der Waals surface area contributed by atoms with Crippen molar-refractivity contribution < 1.29 is 0 Å². The van der Waals surface area contributed by atoms with Crippen molar-refractivity contribution in [2.75, 3.05) is 11.4 Å².